The van der Waals surface area contributed by atoms with E-state index in [9.17, 15) is 9.90 Å². The number of rotatable bonds is 5. The van der Waals surface area contributed by atoms with Gasteiger partial charge in [-0.15, -0.1) is 0 Å². The van der Waals surface area contributed by atoms with Gasteiger partial charge in [-0.25, -0.2) is 0 Å². The van der Waals surface area contributed by atoms with E-state index in [2.05, 4.69) is 15.8 Å². The SMILES string of the molecule is CON=C1CNC(C(=O)NCCc2ccc(O)cc2)C1. The molecule has 1 aliphatic heterocycles. The molecule has 1 amide bonds. The molecule has 0 bridgehead atoms. The highest BCUT2D eigenvalue weighted by Gasteiger charge is 2.26. The van der Waals surface area contributed by atoms with Crippen molar-refractivity contribution in [3.63, 3.8) is 0 Å². The van der Waals surface area contributed by atoms with Crippen molar-refractivity contribution in [3.05, 3.63) is 29.8 Å². The van der Waals surface area contributed by atoms with Crippen LogP contribution in [0.1, 0.15) is 12.0 Å². The van der Waals surface area contributed by atoms with Gasteiger partial charge >= 0.3 is 0 Å². The number of amides is 1. The number of benzene rings is 1. The summed E-state index contributed by atoms with van der Waals surface area (Å²) in [5.41, 5.74) is 1.93. The van der Waals surface area contributed by atoms with Crippen LogP contribution in [0.2, 0.25) is 0 Å². The van der Waals surface area contributed by atoms with Crippen molar-refractivity contribution in [2.24, 2.45) is 5.16 Å². The highest BCUT2D eigenvalue weighted by molar-refractivity contribution is 5.96. The Labute approximate surface area is 117 Å². The maximum atomic E-state index is 11.9. The van der Waals surface area contributed by atoms with Crippen LogP contribution < -0.4 is 10.6 Å². The number of aromatic hydroxyl groups is 1. The molecule has 20 heavy (non-hydrogen) atoms. The third-order valence-electron chi connectivity index (χ3n) is 3.18. The van der Waals surface area contributed by atoms with E-state index >= 15 is 0 Å². The Balaban J connectivity index is 1.73. The van der Waals surface area contributed by atoms with Gasteiger partial charge < -0.3 is 20.6 Å². The molecule has 108 valence electrons. The van der Waals surface area contributed by atoms with E-state index in [0.29, 0.717) is 19.5 Å². The first-order valence-electron chi connectivity index (χ1n) is 6.57. The zero-order valence-electron chi connectivity index (χ0n) is 11.4. The van der Waals surface area contributed by atoms with Gasteiger partial charge in [0.1, 0.15) is 12.9 Å². The second kappa shape index (κ2) is 6.91. The number of hydrogen-bond acceptors (Lipinski definition) is 5. The first-order chi connectivity index (χ1) is 9.69. The fourth-order valence-corrected chi connectivity index (χ4v) is 2.12. The standard InChI is InChI=1S/C14H19N3O3/c1-20-17-11-8-13(16-9-11)14(19)15-7-6-10-2-4-12(18)5-3-10/h2-5,13,16,18H,6-9H2,1H3,(H,15,19). The average molecular weight is 277 g/mol. The van der Waals surface area contributed by atoms with Crippen LogP contribution in [0.3, 0.4) is 0 Å². The molecular weight excluding hydrogens is 258 g/mol. The van der Waals surface area contributed by atoms with E-state index in [1.165, 1.54) is 7.11 Å². The van der Waals surface area contributed by atoms with Gasteiger partial charge in [-0.1, -0.05) is 17.3 Å². The molecular formula is C14H19N3O3. The molecule has 1 atom stereocenters. The van der Waals surface area contributed by atoms with Gasteiger partial charge in [0.15, 0.2) is 0 Å². The number of oxime groups is 1. The first-order valence-corrected chi connectivity index (χ1v) is 6.57. The summed E-state index contributed by atoms with van der Waals surface area (Å²) < 4.78 is 0. The average Bonchev–Trinajstić information content (AvgIpc) is 2.90. The van der Waals surface area contributed by atoms with Gasteiger partial charge in [0, 0.05) is 19.5 Å². The van der Waals surface area contributed by atoms with Gasteiger partial charge in [-0.2, -0.15) is 0 Å². The Kier molecular flexibility index (Phi) is 4.95. The van der Waals surface area contributed by atoms with Crippen molar-refractivity contribution >= 4 is 11.6 Å². The highest BCUT2D eigenvalue weighted by Crippen LogP contribution is 2.09. The zero-order valence-corrected chi connectivity index (χ0v) is 11.4. The lowest BCUT2D eigenvalue weighted by atomic mass is 10.1. The summed E-state index contributed by atoms with van der Waals surface area (Å²) in [7, 11) is 1.50. The van der Waals surface area contributed by atoms with Crippen LogP contribution in [0.25, 0.3) is 0 Å². The van der Waals surface area contributed by atoms with Crippen molar-refractivity contribution in [1.29, 1.82) is 0 Å². The summed E-state index contributed by atoms with van der Waals surface area (Å²) in [6, 6.07) is 6.74. The maximum absolute atomic E-state index is 11.9. The Bertz CT molecular complexity index is 485. The molecule has 0 aliphatic carbocycles. The molecule has 0 saturated carbocycles. The summed E-state index contributed by atoms with van der Waals surface area (Å²) in [5.74, 6) is 0.225. The molecule has 1 fully saturated rings. The van der Waals surface area contributed by atoms with Gasteiger partial charge in [-0.3, -0.25) is 4.79 Å². The fourth-order valence-electron chi connectivity index (χ4n) is 2.12. The largest absolute Gasteiger partial charge is 0.508 e. The minimum absolute atomic E-state index is 0.0231. The van der Waals surface area contributed by atoms with Crippen molar-refractivity contribution in [3.8, 4) is 5.75 Å². The second-order valence-electron chi connectivity index (χ2n) is 4.69. The molecule has 6 heteroatoms. The molecule has 0 radical (unpaired) electrons. The number of nitrogens with one attached hydrogen (secondary N) is 2. The Hall–Kier alpha value is -2.08. The lowest BCUT2D eigenvalue weighted by molar-refractivity contribution is -0.122. The van der Waals surface area contributed by atoms with E-state index in [0.717, 1.165) is 17.7 Å². The predicted octanol–water partition coefficient (Wildman–Crippen LogP) is 0.415. The van der Waals surface area contributed by atoms with Crippen molar-refractivity contribution < 1.29 is 14.7 Å². The molecule has 2 rings (SSSR count). The Morgan fingerprint density at radius 1 is 1.50 bits per heavy atom. The van der Waals surface area contributed by atoms with Crippen molar-refractivity contribution in [1.82, 2.24) is 10.6 Å². The topological polar surface area (TPSA) is 83.0 Å². The number of hydrogen-bond donors (Lipinski definition) is 3. The molecule has 0 spiro atoms. The summed E-state index contributed by atoms with van der Waals surface area (Å²) in [6.07, 6.45) is 1.32. The van der Waals surface area contributed by atoms with E-state index in [-0.39, 0.29) is 17.7 Å². The van der Waals surface area contributed by atoms with Crippen LogP contribution in [0.5, 0.6) is 5.75 Å². The number of phenols is 1. The normalized spacial score (nSPS) is 20.1. The van der Waals surface area contributed by atoms with E-state index in [4.69, 9.17) is 4.84 Å². The molecule has 1 saturated heterocycles. The molecule has 1 unspecified atom stereocenters. The maximum Gasteiger partial charge on any atom is 0.237 e. The van der Waals surface area contributed by atoms with Gasteiger partial charge in [-0.05, 0) is 24.1 Å². The second-order valence-corrected chi connectivity index (χ2v) is 4.69. The molecule has 1 aromatic carbocycles. The zero-order chi connectivity index (χ0) is 14.4. The fraction of sp³-hybridized carbons (Fsp3) is 0.429. The predicted molar refractivity (Wildman–Crippen MR) is 75.7 cm³/mol. The van der Waals surface area contributed by atoms with E-state index in [1.807, 2.05) is 12.1 Å². The molecule has 6 nitrogen and oxygen atoms in total. The Morgan fingerprint density at radius 2 is 2.25 bits per heavy atom. The number of carbonyl (C=O) groups excluding carboxylic acids is 1. The molecule has 1 heterocycles. The lowest BCUT2D eigenvalue weighted by Gasteiger charge is -2.10. The molecule has 1 aromatic rings. The monoisotopic (exact) mass is 277 g/mol. The number of nitrogens with zero attached hydrogens (tertiary/aromatic N) is 1. The number of carbonyl (C=O) groups is 1. The van der Waals surface area contributed by atoms with Crippen LogP contribution >= 0.6 is 0 Å². The van der Waals surface area contributed by atoms with E-state index in [1.54, 1.807) is 12.1 Å². The molecule has 3 N–H and O–H groups in total. The minimum atomic E-state index is -0.233. The highest BCUT2D eigenvalue weighted by atomic mass is 16.6. The summed E-state index contributed by atoms with van der Waals surface area (Å²) in [6.45, 7) is 1.16. The van der Waals surface area contributed by atoms with Crippen LogP contribution in [0.4, 0.5) is 0 Å². The van der Waals surface area contributed by atoms with Crippen LogP contribution in [-0.4, -0.2) is 43.0 Å². The van der Waals surface area contributed by atoms with Gasteiger partial charge in [0.05, 0.1) is 11.8 Å². The third kappa shape index (κ3) is 3.96. The molecule has 1 aliphatic rings. The van der Waals surface area contributed by atoms with Gasteiger partial charge in [0.2, 0.25) is 5.91 Å². The Morgan fingerprint density at radius 3 is 2.95 bits per heavy atom. The summed E-state index contributed by atoms with van der Waals surface area (Å²) in [4.78, 5) is 16.6. The summed E-state index contributed by atoms with van der Waals surface area (Å²) in [5, 5.41) is 19.0. The minimum Gasteiger partial charge on any atom is -0.508 e. The summed E-state index contributed by atoms with van der Waals surface area (Å²) >= 11 is 0. The number of phenolic OH excluding ortho intramolecular Hbond substituents is 1. The lowest BCUT2D eigenvalue weighted by Crippen LogP contribution is -2.41. The van der Waals surface area contributed by atoms with Crippen molar-refractivity contribution in [2.75, 3.05) is 20.2 Å². The quantitative estimate of drug-likeness (QED) is 0.681. The smallest absolute Gasteiger partial charge is 0.237 e. The van der Waals surface area contributed by atoms with Gasteiger partial charge in [0.25, 0.3) is 0 Å². The third-order valence-corrected chi connectivity index (χ3v) is 3.18. The van der Waals surface area contributed by atoms with Crippen molar-refractivity contribution in [2.45, 2.75) is 18.9 Å². The molecule has 0 aromatic heterocycles. The first kappa shape index (κ1) is 14.3. The van der Waals surface area contributed by atoms with Crippen LogP contribution in [0, 0.1) is 0 Å². The van der Waals surface area contributed by atoms with E-state index < -0.39 is 0 Å². The van der Waals surface area contributed by atoms with Crippen LogP contribution in [0.15, 0.2) is 29.4 Å². The van der Waals surface area contributed by atoms with Crippen LogP contribution in [-0.2, 0) is 16.1 Å².